The molecule has 16 heavy (non-hydrogen) atoms. The van der Waals surface area contributed by atoms with Gasteiger partial charge in [-0.25, -0.2) is 0 Å². The van der Waals surface area contributed by atoms with Crippen molar-refractivity contribution in [2.45, 2.75) is 20.0 Å². The van der Waals surface area contributed by atoms with Gasteiger partial charge in [0, 0.05) is 11.8 Å². The highest BCUT2D eigenvalue weighted by Gasteiger charge is 2.34. The lowest BCUT2D eigenvalue weighted by atomic mass is 10.0. The molecule has 0 saturated heterocycles. The lowest BCUT2D eigenvalue weighted by Crippen LogP contribution is -2.12. The Bertz CT molecular complexity index is 430. The zero-order valence-electron chi connectivity index (χ0n) is 9.10. The van der Waals surface area contributed by atoms with E-state index in [0.717, 1.165) is 5.57 Å². The molecule has 4 heteroatoms. The van der Waals surface area contributed by atoms with Crippen molar-refractivity contribution >= 4 is 11.1 Å². The third kappa shape index (κ3) is 2.51. The van der Waals surface area contributed by atoms with Crippen LogP contribution in [-0.2, 0) is 0 Å². The topological polar surface area (TPSA) is 12.9 Å². The zero-order chi connectivity index (χ0) is 12.3. The Balaban J connectivity index is 3.30. The summed E-state index contributed by atoms with van der Waals surface area (Å²) in [5.74, 6) is 0. The van der Waals surface area contributed by atoms with Gasteiger partial charge in [0.1, 0.15) is 0 Å². The van der Waals surface area contributed by atoms with Gasteiger partial charge in [0.2, 0.25) is 0 Å². The van der Waals surface area contributed by atoms with Crippen LogP contribution >= 0.6 is 0 Å². The fraction of sp³-hybridized carbons (Fsp3) is 0.250. The maximum atomic E-state index is 12.5. The maximum absolute atomic E-state index is 12.5. The van der Waals surface area contributed by atoms with Gasteiger partial charge in [-0.15, -0.1) is 0 Å². The Morgan fingerprint density at radius 2 is 2.06 bits per heavy atom. The van der Waals surface area contributed by atoms with Crippen LogP contribution in [0, 0.1) is 0 Å². The van der Waals surface area contributed by atoms with Crippen LogP contribution in [0.1, 0.15) is 25.1 Å². The van der Waals surface area contributed by atoms with Crippen LogP contribution in [-0.4, -0.2) is 11.2 Å². The minimum atomic E-state index is -4.45. The lowest BCUT2D eigenvalue weighted by Gasteiger charge is -2.13. The third-order valence-corrected chi connectivity index (χ3v) is 2.29. The molecule has 86 valence electrons. The molecule has 0 bridgehead atoms. The molecule has 1 heterocycles. The monoisotopic (exact) mass is 227 g/mol. The summed E-state index contributed by atoms with van der Waals surface area (Å²) >= 11 is 0. The maximum Gasteiger partial charge on any atom is 0.417 e. The lowest BCUT2D eigenvalue weighted by molar-refractivity contribution is -0.0689. The molecule has 0 atom stereocenters. The summed E-state index contributed by atoms with van der Waals surface area (Å²) in [7, 11) is 0. The molecule has 1 aromatic rings. The second kappa shape index (κ2) is 4.51. The standard InChI is InChI=1S/C12H12F3N/c1-4-8(2)10-6-5-7-16-11(10)9(3)12(13,14)15/h4-7H,3H2,1-2H3/b8-4-. The quantitative estimate of drug-likeness (QED) is 0.741. The van der Waals surface area contributed by atoms with Crippen LogP contribution in [0.3, 0.4) is 0 Å². The Kier molecular flexibility index (Phi) is 3.52. The van der Waals surface area contributed by atoms with E-state index in [4.69, 9.17) is 0 Å². The zero-order valence-corrected chi connectivity index (χ0v) is 9.10. The summed E-state index contributed by atoms with van der Waals surface area (Å²) in [6, 6.07) is 3.21. The van der Waals surface area contributed by atoms with E-state index < -0.39 is 11.7 Å². The Labute approximate surface area is 92.3 Å². The Morgan fingerprint density at radius 3 is 2.56 bits per heavy atom. The summed E-state index contributed by atoms with van der Waals surface area (Å²) < 4.78 is 37.6. The van der Waals surface area contributed by atoms with E-state index in [1.54, 1.807) is 32.1 Å². The van der Waals surface area contributed by atoms with E-state index in [1.807, 2.05) is 0 Å². The van der Waals surface area contributed by atoms with Crippen LogP contribution in [0.2, 0.25) is 0 Å². The molecule has 0 N–H and O–H groups in total. The highest BCUT2D eigenvalue weighted by molar-refractivity contribution is 5.77. The molecule has 1 aromatic heterocycles. The number of allylic oxidation sites excluding steroid dienone is 3. The van der Waals surface area contributed by atoms with Crippen LogP contribution in [0.5, 0.6) is 0 Å². The molecule has 0 aliphatic carbocycles. The molecule has 0 aromatic carbocycles. The first-order valence-electron chi connectivity index (χ1n) is 4.72. The van der Waals surface area contributed by atoms with E-state index in [9.17, 15) is 13.2 Å². The molecule has 0 saturated carbocycles. The van der Waals surface area contributed by atoms with Gasteiger partial charge in [0.25, 0.3) is 0 Å². The minimum absolute atomic E-state index is 0.106. The number of nitrogens with zero attached hydrogens (tertiary/aromatic N) is 1. The highest BCUT2D eigenvalue weighted by atomic mass is 19.4. The van der Waals surface area contributed by atoms with E-state index >= 15 is 0 Å². The van der Waals surface area contributed by atoms with Gasteiger partial charge in [0.15, 0.2) is 0 Å². The van der Waals surface area contributed by atoms with Gasteiger partial charge in [-0.3, -0.25) is 4.98 Å². The first-order valence-corrected chi connectivity index (χ1v) is 4.72. The summed E-state index contributed by atoms with van der Waals surface area (Å²) in [6.45, 7) is 6.57. The van der Waals surface area contributed by atoms with E-state index in [1.165, 1.54) is 6.20 Å². The summed E-state index contributed by atoms with van der Waals surface area (Å²) in [5, 5.41) is 0. The fourth-order valence-corrected chi connectivity index (χ4v) is 1.25. The fourth-order valence-electron chi connectivity index (χ4n) is 1.25. The SMILES string of the molecule is C=C(c1ncccc1/C(C)=C\C)C(F)(F)F. The van der Waals surface area contributed by atoms with E-state index in [0.29, 0.717) is 5.56 Å². The van der Waals surface area contributed by atoms with Crippen molar-refractivity contribution in [1.82, 2.24) is 4.98 Å². The Hall–Kier alpha value is -1.58. The molecule has 0 unspecified atom stereocenters. The first-order chi connectivity index (χ1) is 7.38. The smallest absolute Gasteiger partial charge is 0.256 e. The van der Waals surface area contributed by atoms with Crippen molar-refractivity contribution in [1.29, 1.82) is 0 Å². The number of aromatic nitrogens is 1. The van der Waals surface area contributed by atoms with Crippen LogP contribution in [0.4, 0.5) is 13.2 Å². The minimum Gasteiger partial charge on any atom is -0.256 e. The average Bonchev–Trinajstić information content (AvgIpc) is 2.25. The number of pyridine rings is 1. The third-order valence-electron chi connectivity index (χ3n) is 2.29. The molecule has 1 nitrogen and oxygen atoms in total. The molecule has 0 aliphatic rings. The first kappa shape index (κ1) is 12.5. The molecule has 0 spiro atoms. The largest absolute Gasteiger partial charge is 0.417 e. The van der Waals surface area contributed by atoms with Crippen LogP contribution in [0.25, 0.3) is 11.1 Å². The van der Waals surface area contributed by atoms with Crippen molar-refractivity contribution in [3.63, 3.8) is 0 Å². The van der Waals surface area contributed by atoms with Crippen molar-refractivity contribution in [2.75, 3.05) is 0 Å². The summed E-state index contributed by atoms with van der Waals surface area (Å²) in [6.07, 6.45) is -1.38. The molecule has 0 aliphatic heterocycles. The van der Waals surface area contributed by atoms with Crippen LogP contribution < -0.4 is 0 Å². The predicted molar refractivity (Wildman–Crippen MR) is 58.7 cm³/mol. The molecule has 0 amide bonds. The van der Waals surface area contributed by atoms with Gasteiger partial charge >= 0.3 is 6.18 Å². The normalized spacial score (nSPS) is 12.7. The van der Waals surface area contributed by atoms with Gasteiger partial charge in [-0.05, 0) is 25.5 Å². The number of rotatable bonds is 2. The molecule has 0 radical (unpaired) electrons. The van der Waals surface area contributed by atoms with E-state index in [-0.39, 0.29) is 5.69 Å². The highest BCUT2D eigenvalue weighted by Crippen LogP contribution is 2.34. The van der Waals surface area contributed by atoms with Crippen molar-refractivity contribution in [3.8, 4) is 0 Å². The summed E-state index contributed by atoms with van der Waals surface area (Å²) in [4.78, 5) is 3.75. The predicted octanol–water partition coefficient (Wildman–Crippen LogP) is 4.08. The second-order valence-corrected chi connectivity index (χ2v) is 3.35. The van der Waals surface area contributed by atoms with Gasteiger partial charge in [-0.1, -0.05) is 18.7 Å². The molecule has 1 rings (SSSR count). The number of hydrogen-bond donors (Lipinski definition) is 0. The number of alkyl halides is 3. The van der Waals surface area contributed by atoms with Gasteiger partial charge in [0.05, 0.1) is 11.3 Å². The van der Waals surface area contributed by atoms with Gasteiger partial charge in [-0.2, -0.15) is 13.2 Å². The summed E-state index contributed by atoms with van der Waals surface area (Å²) in [5.41, 5.74) is 0.190. The molecular weight excluding hydrogens is 215 g/mol. The molecular formula is C12H12F3N. The number of halogens is 3. The van der Waals surface area contributed by atoms with E-state index in [2.05, 4.69) is 11.6 Å². The van der Waals surface area contributed by atoms with Crippen molar-refractivity contribution in [2.24, 2.45) is 0 Å². The average molecular weight is 227 g/mol. The molecule has 0 fully saturated rings. The number of hydrogen-bond acceptors (Lipinski definition) is 1. The van der Waals surface area contributed by atoms with Crippen molar-refractivity contribution in [3.05, 3.63) is 42.2 Å². The second-order valence-electron chi connectivity index (χ2n) is 3.35. The van der Waals surface area contributed by atoms with Crippen LogP contribution in [0.15, 0.2) is 31.0 Å². The van der Waals surface area contributed by atoms with Crippen molar-refractivity contribution < 1.29 is 13.2 Å². The Morgan fingerprint density at radius 1 is 1.44 bits per heavy atom. The van der Waals surface area contributed by atoms with Gasteiger partial charge < -0.3 is 0 Å².